The van der Waals surface area contributed by atoms with E-state index in [1.165, 1.54) is 0 Å². The van der Waals surface area contributed by atoms with Gasteiger partial charge >= 0.3 is 0 Å². The fraction of sp³-hybridized carbons (Fsp3) is 0.647. The first-order valence-corrected chi connectivity index (χ1v) is 8.16. The second-order valence-corrected chi connectivity index (χ2v) is 6.02. The number of benzene rings is 1. The summed E-state index contributed by atoms with van der Waals surface area (Å²) in [6.07, 6.45) is 1.15. The fourth-order valence-corrected chi connectivity index (χ4v) is 2.05. The Morgan fingerprint density at radius 3 is 2.48 bits per heavy atom. The lowest BCUT2D eigenvalue weighted by molar-refractivity contribution is -0.00123. The molecule has 4 heteroatoms. The zero-order chi connectivity index (χ0) is 15.5. The third-order valence-corrected chi connectivity index (χ3v) is 3.25. The Bertz CT molecular complexity index is 368. The summed E-state index contributed by atoms with van der Waals surface area (Å²) < 4.78 is 11.5. The van der Waals surface area contributed by atoms with E-state index in [4.69, 9.17) is 21.1 Å². The minimum absolute atomic E-state index is 0.0384. The van der Waals surface area contributed by atoms with E-state index in [1.54, 1.807) is 0 Å². The van der Waals surface area contributed by atoms with Crippen LogP contribution in [-0.2, 0) is 9.47 Å². The smallest absolute Gasteiger partial charge is 0.0950 e. The summed E-state index contributed by atoms with van der Waals surface area (Å²) in [5.74, 6) is 0.559. The van der Waals surface area contributed by atoms with Gasteiger partial charge in [0.15, 0.2) is 0 Å². The Morgan fingerprint density at radius 2 is 1.86 bits per heavy atom. The molecular weight excluding hydrogens is 286 g/mol. The van der Waals surface area contributed by atoms with Crippen molar-refractivity contribution in [2.75, 3.05) is 32.9 Å². The Balaban J connectivity index is 2.42. The van der Waals surface area contributed by atoms with E-state index >= 15 is 0 Å². The molecule has 1 rings (SSSR count). The van der Waals surface area contributed by atoms with Crippen LogP contribution < -0.4 is 5.32 Å². The predicted molar refractivity (Wildman–Crippen MR) is 89.0 cm³/mol. The maximum absolute atomic E-state index is 5.97. The molecule has 0 saturated carbocycles. The summed E-state index contributed by atoms with van der Waals surface area (Å²) in [4.78, 5) is 0. The van der Waals surface area contributed by atoms with Crippen LogP contribution in [0.4, 0.5) is 0 Å². The second-order valence-electron chi connectivity index (χ2n) is 5.58. The van der Waals surface area contributed by atoms with Crippen molar-refractivity contribution in [1.82, 2.24) is 5.32 Å². The average molecular weight is 314 g/mol. The highest BCUT2D eigenvalue weighted by molar-refractivity contribution is 6.30. The molecule has 0 spiro atoms. The Hall–Kier alpha value is -0.610. The highest BCUT2D eigenvalue weighted by atomic mass is 35.5. The van der Waals surface area contributed by atoms with Gasteiger partial charge in [-0.15, -0.1) is 0 Å². The van der Waals surface area contributed by atoms with Gasteiger partial charge in [-0.25, -0.2) is 0 Å². The van der Waals surface area contributed by atoms with Gasteiger partial charge in [0.1, 0.15) is 0 Å². The highest BCUT2D eigenvalue weighted by Crippen LogP contribution is 2.19. The van der Waals surface area contributed by atoms with Crippen LogP contribution in [-0.4, -0.2) is 32.9 Å². The predicted octanol–water partition coefficient (Wildman–Crippen LogP) is 4.07. The lowest BCUT2D eigenvalue weighted by Crippen LogP contribution is -2.25. The minimum atomic E-state index is 0.0384. The molecule has 0 saturated heterocycles. The first-order valence-electron chi connectivity index (χ1n) is 7.79. The van der Waals surface area contributed by atoms with Gasteiger partial charge in [-0.1, -0.05) is 44.5 Å². The molecule has 1 aromatic rings. The van der Waals surface area contributed by atoms with Gasteiger partial charge in [0, 0.05) is 18.2 Å². The molecule has 0 aliphatic rings. The van der Waals surface area contributed by atoms with E-state index in [0.717, 1.165) is 36.7 Å². The van der Waals surface area contributed by atoms with Gasteiger partial charge in [-0.05, 0) is 36.6 Å². The number of ether oxygens (including phenoxy) is 2. The molecule has 0 fully saturated rings. The second kappa shape index (κ2) is 11.0. The van der Waals surface area contributed by atoms with Crippen LogP contribution in [0.15, 0.2) is 24.3 Å². The molecule has 1 unspecified atom stereocenters. The van der Waals surface area contributed by atoms with Crippen LogP contribution in [0.3, 0.4) is 0 Å². The maximum Gasteiger partial charge on any atom is 0.0950 e. The molecule has 0 radical (unpaired) electrons. The highest BCUT2D eigenvalue weighted by Gasteiger charge is 2.11. The molecule has 1 N–H and O–H groups in total. The molecule has 0 aliphatic carbocycles. The standard InChI is InChI=1S/C17H28ClNO2/c1-4-9-19-12-17(15-5-7-16(18)8-6-15)21-11-10-20-13-14(2)3/h5-8,14,17,19H,4,9-13H2,1-3H3. The average Bonchev–Trinajstić information content (AvgIpc) is 2.46. The third kappa shape index (κ3) is 8.42. The van der Waals surface area contributed by atoms with Gasteiger partial charge < -0.3 is 14.8 Å². The Kier molecular flexibility index (Phi) is 9.68. The van der Waals surface area contributed by atoms with Crippen LogP contribution in [0.5, 0.6) is 0 Å². The molecule has 0 bridgehead atoms. The lowest BCUT2D eigenvalue weighted by Gasteiger charge is -2.19. The molecule has 0 amide bonds. The fourth-order valence-electron chi connectivity index (χ4n) is 1.93. The minimum Gasteiger partial charge on any atom is -0.379 e. The van der Waals surface area contributed by atoms with Crippen LogP contribution in [0.1, 0.15) is 38.9 Å². The van der Waals surface area contributed by atoms with Crippen molar-refractivity contribution < 1.29 is 9.47 Å². The van der Waals surface area contributed by atoms with E-state index in [-0.39, 0.29) is 6.10 Å². The summed E-state index contributed by atoms with van der Waals surface area (Å²) in [5, 5.41) is 4.16. The Labute approximate surface area is 134 Å². The first-order chi connectivity index (χ1) is 10.1. The third-order valence-electron chi connectivity index (χ3n) is 3.00. The van der Waals surface area contributed by atoms with Crippen LogP contribution in [0, 0.1) is 5.92 Å². The molecule has 1 atom stereocenters. The number of hydrogen-bond donors (Lipinski definition) is 1. The molecule has 21 heavy (non-hydrogen) atoms. The molecule has 0 aliphatic heterocycles. The molecule has 1 aromatic carbocycles. The Morgan fingerprint density at radius 1 is 1.14 bits per heavy atom. The van der Waals surface area contributed by atoms with Crippen molar-refractivity contribution in [1.29, 1.82) is 0 Å². The topological polar surface area (TPSA) is 30.5 Å². The van der Waals surface area contributed by atoms with E-state index < -0.39 is 0 Å². The van der Waals surface area contributed by atoms with Gasteiger partial charge in [-0.2, -0.15) is 0 Å². The van der Waals surface area contributed by atoms with E-state index in [2.05, 4.69) is 26.1 Å². The van der Waals surface area contributed by atoms with E-state index in [1.807, 2.05) is 24.3 Å². The molecule has 3 nitrogen and oxygen atoms in total. The van der Waals surface area contributed by atoms with Crippen molar-refractivity contribution in [3.8, 4) is 0 Å². The molecular formula is C17H28ClNO2. The summed E-state index contributed by atoms with van der Waals surface area (Å²) in [6.45, 7) is 10.3. The molecule has 0 heterocycles. The number of hydrogen-bond acceptors (Lipinski definition) is 3. The van der Waals surface area contributed by atoms with Crippen LogP contribution in [0.2, 0.25) is 5.02 Å². The molecule has 120 valence electrons. The summed E-state index contributed by atoms with van der Waals surface area (Å²) in [7, 11) is 0. The monoisotopic (exact) mass is 313 g/mol. The van der Waals surface area contributed by atoms with E-state index in [9.17, 15) is 0 Å². The van der Waals surface area contributed by atoms with Crippen molar-refractivity contribution >= 4 is 11.6 Å². The summed E-state index contributed by atoms with van der Waals surface area (Å²) in [5.41, 5.74) is 1.15. The summed E-state index contributed by atoms with van der Waals surface area (Å²) >= 11 is 5.94. The van der Waals surface area contributed by atoms with Gasteiger partial charge in [-0.3, -0.25) is 0 Å². The zero-order valence-corrected chi connectivity index (χ0v) is 14.2. The van der Waals surface area contributed by atoms with Crippen LogP contribution >= 0.6 is 11.6 Å². The lowest BCUT2D eigenvalue weighted by atomic mass is 10.1. The van der Waals surface area contributed by atoms with Crippen molar-refractivity contribution in [2.24, 2.45) is 5.92 Å². The van der Waals surface area contributed by atoms with Crippen molar-refractivity contribution in [3.63, 3.8) is 0 Å². The van der Waals surface area contributed by atoms with Crippen molar-refractivity contribution in [3.05, 3.63) is 34.9 Å². The zero-order valence-electron chi connectivity index (χ0n) is 13.4. The van der Waals surface area contributed by atoms with Gasteiger partial charge in [0.05, 0.1) is 19.3 Å². The maximum atomic E-state index is 5.97. The number of rotatable bonds is 11. The van der Waals surface area contributed by atoms with Gasteiger partial charge in [0.2, 0.25) is 0 Å². The summed E-state index contributed by atoms with van der Waals surface area (Å²) in [6, 6.07) is 7.86. The first kappa shape index (κ1) is 18.4. The van der Waals surface area contributed by atoms with Crippen molar-refractivity contribution in [2.45, 2.75) is 33.3 Å². The largest absolute Gasteiger partial charge is 0.379 e. The normalized spacial score (nSPS) is 12.8. The molecule has 0 aromatic heterocycles. The SMILES string of the molecule is CCCNCC(OCCOCC(C)C)c1ccc(Cl)cc1. The van der Waals surface area contributed by atoms with Gasteiger partial charge in [0.25, 0.3) is 0 Å². The quantitative estimate of drug-likeness (QED) is 0.625. The number of nitrogens with one attached hydrogen (secondary N) is 1. The van der Waals surface area contributed by atoms with Crippen LogP contribution in [0.25, 0.3) is 0 Å². The van der Waals surface area contributed by atoms with E-state index in [0.29, 0.717) is 19.1 Å². The number of halogens is 1.